The van der Waals surface area contributed by atoms with Gasteiger partial charge < -0.3 is 20.0 Å². The van der Waals surface area contributed by atoms with Gasteiger partial charge in [-0.05, 0) is 105 Å². The third kappa shape index (κ3) is 5.98. The number of likely N-dealkylation sites (tertiary alicyclic amines) is 1. The number of fused-ring (bicyclic) bond motifs is 1. The fraction of sp³-hybridized carbons (Fsp3) is 0.314. The van der Waals surface area contributed by atoms with Gasteiger partial charge in [-0.25, -0.2) is 0 Å². The summed E-state index contributed by atoms with van der Waals surface area (Å²) in [5.74, 6) is -0.178. The van der Waals surface area contributed by atoms with Crippen molar-refractivity contribution in [3.63, 3.8) is 0 Å². The first-order chi connectivity index (χ1) is 20.5. The van der Waals surface area contributed by atoms with Gasteiger partial charge in [0, 0.05) is 43.0 Å². The van der Waals surface area contributed by atoms with Crippen molar-refractivity contribution in [2.75, 3.05) is 54.4 Å². The lowest BCUT2D eigenvalue weighted by Crippen LogP contribution is -2.33. The highest BCUT2D eigenvalue weighted by molar-refractivity contribution is 7.15. The van der Waals surface area contributed by atoms with Crippen LogP contribution in [0.15, 0.2) is 78.2 Å². The minimum absolute atomic E-state index is 0.00545. The molecule has 7 heteroatoms. The molecule has 3 aromatic carbocycles. The summed E-state index contributed by atoms with van der Waals surface area (Å²) in [6, 6.07) is 23.3. The van der Waals surface area contributed by atoms with E-state index in [0.717, 1.165) is 48.4 Å². The van der Waals surface area contributed by atoms with Gasteiger partial charge >= 0.3 is 0 Å². The topological polar surface area (TPSA) is 55.9 Å². The molecule has 0 radical (unpaired) electrons. The Hall–Kier alpha value is -3.94. The number of hydrogen-bond donors (Lipinski definition) is 1. The van der Waals surface area contributed by atoms with Gasteiger partial charge in [0.25, 0.3) is 11.8 Å². The van der Waals surface area contributed by atoms with Crippen molar-refractivity contribution in [3.05, 3.63) is 100 Å². The molecule has 6 nitrogen and oxygen atoms in total. The minimum Gasteiger partial charge on any atom is -0.360 e. The quantitative estimate of drug-likeness (QED) is 0.251. The molecule has 0 aliphatic carbocycles. The maximum Gasteiger partial charge on any atom is 0.258 e. The van der Waals surface area contributed by atoms with Crippen molar-refractivity contribution < 1.29 is 9.59 Å². The van der Waals surface area contributed by atoms with Crippen molar-refractivity contribution in [2.24, 2.45) is 0 Å². The van der Waals surface area contributed by atoms with Crippen LogP contribution in [-0.2, 0) is 0 Å². The van der Waals surface area contributed by atoms with Gasteiger partial charge in [-0.3, -0.25) is 9.59 Å². The molecule has 6 rings (SSSR count). The first-order valence-corrected chi connectivity index (χ1v) is 15.8. The van der Waals surface area contributed by atoms with Crippen LogP contribution in [0.5, 0.6) is 0 Å². The molecule has 0 saturated carbocycles. The summed E-state index contributed by atoms with van der Waals surface area (Å²) in [5.41, 5.74) is 7.18. The first kappa shape index (κ1) is 28.2. The van der Waals surface area contributed by atoms with Crippen molar-refractivity contribution >= 4 is 39.5 Å². The highest BCUT2D eigenvalue weighted by atomic mass is 32.1. The van der Waals surface area contributed by atoms with Crippen LogP contribution in [0.4, 0.5) is 16.4 Å². The van der Waals surface area contributed by atoms with Gasteiger partial charge in [0.05, 0.1) is 5.69 Å². The number of anilines is 3. The molecule has 216 valence electrons. The third-order valence-corrected chi connectivity index (χ3v) is 9.34. The smallest absolute Gasteiger partial charge is 0.258 e. The second-order valence-electron chi connectivity index (χ2n) is 11.4. The van der Waals surface area contributed by atoms with E-state index in [9.17, 15) is 9.59 Å². The van der Waals surface area contributed by atoms with Gasteiger partial charge in [0.15, 0.2) is 0 Å². The number of rotatable bonds is 7. The van der Waals surface area contributed by atoms with Crippen LogP contribution in [0.2, 0.25) is 0 Å². The fourth-order valence-electron chi connectivity index (χ4n) is 6.15. The predicted molar refractivity (Wildman–Crippen MR) is 174 cm³/mol. The molecule has 3 heterocycles. The highest BCUT2D eigenvalue weighted by Gasteiger charge is 2.27. The molecule has 4 aromatic rings. The molecule has 1 N–H and O–H groups in total. The van der Waals surface area contributed by atoms with Gasteiger partial charge in [-0.1, -0.05) is 42.0 Å². The number of nitrogens with one attached hydrogen (secondary N) is 1. The Morgan fingerprint density at radius 3 is 2.38 bits per heavy atom. The molecule has 1 saturated heterocycles. The van der Waals surface area contributed by atoms with Gasteiger partial charge in [-0.2, -0.15) is 0 Å². The summed E-state index contributed by atoms with van der Waals surface area (Å²) in [5, 5.41) is 6.31. The number of carbonyl (C=O) groups excluding carboxylic acids is 2. The summed E-state index contributed by atoms with van der Waals surface area (Å²) in [6.07, 6.45) is 3.53. The van der Waals surface area contributed by atoms with Crippen LogP contribution in [0.25, 0.3) is 11.1 Å². The number of carbonyl (C=O) groups is 2. The first-order valence-electron chi connectivity index (χ1n) is 14.9. The van der Waals surface area contributed by atoms with Crippen LogP contribution in [0, 0.1) is 13.8 Å². The van der Waals surface area contributed by atoms with Gasteiger partial charge in [-0.15, -0.1) is 11.3 Å². The average molecular weight is 579 g/mol. The molecule has 0 atom stereocenters. The predicted octanol–water partition coefficient (Wildman–Crippen LogP) is 7.24. The second kappa shape index (κ2) is 12.5. The van der Waals surface area contributed by atoms with E-state index in [4.69, 9.17) is 0 Å². The summed E-state index contributed by atoms with van der Waals surface area (Å²) >= 11 is 1.72. The number of benzene rings is 3. The number of aryl methyl sites for hydroxylation is 2. The molecule has 1 fully saturated rings. The Balaban J connectivity index is 1.15. The van der Waals surface area contributed by atoms with E-state index in [1.807, 2.05) is 53.4 Å². The van der Waals surface area contributed by atoms with Crippen molar-refractivity contribution in [1.29, 1.82) is 0 Å². The van der Waals surface area contributed by atoms with Crippen LogP contribution >= 0.6 is 11.3 Å². The monoisotopic (exact) mass is 578 g/mol. The molecule has 2 amide bonds. The molecule has 2 aliphatic heterocycles. The molecule has 1 aromatic heterocycles. The number of nitrogens with zero attached hydrogens (tertiary/aromatic N) is 3. The minimum atomic E-state index is -0.172. The van der Waals surface area contributed by atoms with E-state index in [-0.39, 0.29) is 11.8 Å². The number of hydrogen-bond acceptors (Lipinski definition) is 5. The zero-order valence-corrected chi connectivity index (χ0v) is 25.3. The van der Waals surface area contributed by atoms with E-state index in [1.54, 1.807) is 11.3 Å². The van der Waals surface area contributed by atoms with E-state index in [2.05, 4.69) is 58.6 Å². The highest BCUT2D eigenvalue weighted by Crippen LogP contribution is 2.38. The molecule has 42 heavy (non-hydrogen) atoms. The standard InChI is InChI=1S/C35H38N4O2S/c1-25-10-15-29(26(2)24-25)30-8-3-4-9-31(30)33(40)36-28-13-11-27(12-14-28)34(41)39-20-7-19-38(35-32(39)16-23-42-35)22-21-37-17-5-6-18-37/h3-4,8-16,23-24H,5-7,17-22H2,1-2H3,(H,36,40). The summed E-state index contributed by atoms with van der Waals surface area (Å²) in [4.78, 5) is 34.0. The summed E-state index contributed by atoms with van der Waals surface area (Å²) < 4.78 is 0. The van der Waals surface area contributed by atoms with Crippen LogP contribution < -0.4 is 15.1 Å². The lowest BCUT2D eigenvalue weighted by Gasteiger charge is -2.26. The van der Waals surface area contributed by atoms with Gasteiger partial charge in [0.1, 0.15) is 5.00 Å². The Bertz CT molecular complexity index is 1570. The van der Waals surface area contributed by atoms with E-state index < -0.39 is 0 Å². The molecular weight excluding hydrogens is 540 g/mol. The van der Waals surface area contributed by atoms with Crippen molar-refractivity contribution in [2.45, 2.75) is 33.1 Å². The van der Waals surface area contributed by atoms with E-state index in [0.29, 0.717) is 23.4 Å². The Morgan fingerprint density at radius 1 is 0.810 bits per heavy atom. The van der Waals surface area contributed by atoms with Crippen LogP contribution in [0.3, 0.4) is 0 Å². The van der Waals surface area contributed by atoms with Crippen molar-refractivity contribution in [3.8, 4) is 11.1 Å². The maximum absolute atomic E-state index is 13.7. The van der Waals surface area contributed by atoms with E-state index in [1.165, 1.54) is 36.5 Å². The lowest BCUT2D eigenvalue weighted by atomic mass is 9.94. The Labute approximate surface area is 252 Å². The van der Waals surface area contributed by atoms with E-state index >= 15 is 0 Å². The molecule has 0 bridgehead atoms. The third-order valence-electron chi connectivity index (χ3n) is 8.38. The van der Waals surface area contributed by atoms with Gasteiger partial charge in [0.2, 0.25) is 0 Å². The summed E-state index contributed by atoms with van der Waals surface area (Å²) in [6.45, 7) is 10.3. The lowest BCUT2D eigenvalue weighted by molar-refractivity contribution is 0.0986. The van der Waals surface area contributed by atoms with Crippen molar-refractivity contribution in [1.82, 2.24) is 4.90 Å². The zero-order valence-electron chi connectivity index (χ0n) is 24.4. The zero-order chi connectivity index (χ0) is 29.1. The number of thiophene rings is 1. The summed E-state index contributed by atoms with van der Waals surface area (Å²) in [7, 11) is 0. The Kier molecular flexibility index (Phi) is 8.40. The largest absolute Gasteiger partial charge is 0.360 e. The van der Waals surface area contributed by atoms with Crippen LogP contribution in [-0.4, -0.2) is 56.0 Å². The fourth-order valence-corrected chi connectivity index (χ4v) is 7.11. The SMILES string of the molecule is Cc1ccc(-c2ccccc2C(=O)Nc2ccc(C(=O)N3CCCN(CCN4CCCC4)c4sccc43)cc2)c(C)c1. The molecular formula is C35H38N4O2S. The van der Waals surface area contributed by atoms with Crippen LogP contribution in [0.1, 0.15) is 51.1 Å². The molecule has 0 spiro atoms. The normalized spacial score (nSPS) is 15.4. The molecule has 0 unspecified atom stereocenters. The molecule has 2 aliphatic rings. The number of amides is 2. The Morgan fingerprint density at radius 2 is 1.60 bits per heavy atom. The maximum atomic E-state index is 13.7. The average Bonchev–Trinajstić information content (AvgIpc) is 3.67. The second-order valence-corrected chi connectivity index (χ2v) is 12.2.